The van der Waals surface area contributed by atoms with Gasteiger partial charge >= 0.3 is 5.97 Å². The van der Waals surface area contributed by atoms with E-state index in [0.717, 1.165) is 11.1 Å². The number of esters is 1. The van der Waals surface area contributed by atoms with Gasteiger partial charge in [-0.25, -0.2) is 4.79 Å². The molecule has 0 spiro atoms. The Morgan fingerprint density at radius 3 is 2.73 bits per heavy atom. The number of fused-ring (bicyclic) bond motifs is 1. The normalized spacial score (nSPS) is 15.0. The van der Waals surface area contributed by atoms with Crippen molar-refractivity contribution in [3.8, 4) is 11.5 Å². The van der Waals surface area contributed by atoms with Crippen LogP contribution in [0.5, 0.6) is 11.5 Å². The van der Waals surface area contributed by atoms with Gasteiger partial charge in [0, 0.05) is 10.7 Å². The van der Waals surface area contributed by atoms with Gasteiger partial charge in [-0.15, -0.1) is 0 Å². The van der Waals surface area contributed by atoms with Gasteiger partial charge in [0.1, 0.15) is 12.6 Å². The predicted octanol–water partition coefficient (Wildman–Crippen LogP) is 4.53. The molecular formula is C22H21BrClN5O4. The fourth-order valence-electron chi connectivity index (χ4n) is 3.57. The molecule has 1 aromatic heterocycles. The molecule has 0 saturated heterocycles. The smallest absolute Gasteiger partial charge is 0.338 e. The van der Waals surface area contributed by atoms with E-state index < -0.39 is 12.0 Å². The molecule has 0 fully saturated rings. The molecule has 1 N–H and O–H groups in total. The van der Waals surface area contributed by atoms with Gasteiger partial charge in [0.15, 0.2) is 11.5 Å². The summed E-state index contributed by atoms with van der Waals surface area (Å²) < 4.78 is 19.2. The number of aromatic nitrogens is 4. The van der Waals surface area contributed by atoms with Crippen LogP contribution in [0.2, 0.25) is 5.02 Å². The van der Waals surface area contributed by atoms with Gasteiger partial charge in [0.25, 0.3) is 0 Å². The zero-order chi connectivity index (χ0) is 23.5. The molecule has 0 radical (unpaired) electrons. The van der Waals surface area contributed by atoms with E-state index in [2.05, 4.69) is 36.8 Å². The molecule has 0 saturated carbocycles. The van der Waals surface area contributed by atoms with Crippen LogP contribution in [0.3, 0.4) is 0 Å². The monoisotopic (exact) mass is 533 g/mol. The second kappa shape index (κ2) is 9.80. The Morgan fingerprint density at radius 1 is 1.27 bits per heavy atom. The van der Waals surface area contributed by atoms with E-state index in [1.54, 1.807) is 27.0 Å². The maximum atomic E-state index is 12.8. The van der Waals surface area contributed by atoms with Gasteiger partial charge in [0.05, 0.1) is 23.8 Å². The number of rotatable bonds is 7. The van der Waals surface area contributed by atoms with Crippen LogP contribution in [0, 0.1) is 0 Å². The summed E-state index contributed by atoms with van der Waals surface area (Å²) in [5, 5.41) is 15.6. The largest absolute Gasteiger partial charge is 0.493 e. The molecule has 4 rings (SSSR count). The molecule has 33 heavy (non-hydrogen) atoms. The number of allylic oxidation sites excluding steroid dienone is 1. The number of nitrogens with zero attached hydrogens (tertiary/aromatic N) is 4. The van der Waals surface area contributed by atoms with Crippen molar-refractivity contribution < 1.29 is 19.0 Å². The number of hydrogen-bond acceptors (Lipinski definition) is 8. The summed E-state index contributed by atoms with van der Waals surface area (Å²) in [7, 11) is 1.55. The molecule has 3 aromatic rings. The number of methoxy groups -OCH3 is 1. The first-order valence-corrected chi connectivity index (χ1v) is 11.3. The number of nitrogens with one attached hydrogen (secondary N) is 1. The van der Waals surface area contributed by atoms with E-state index in [4.69, 9.17) is 25.8 Å². The fraction of sp³-hybridized carbons (Fsp3) is 0.273. The Kier molecular flexibility index (Phi) is 6.85. The van der Waals surface area contributed by atoms with Crippen molar-refractivity contribution >= 4 is 39.4 Å². The summed E-state index contributed by atoms with van der Waals surface area (Å²) in [6.45, 7) is 4.11. The minimum Gasteiger partial charge on any atom is -0.493 e. The van der Waals surface area contributed by atoms with Crippen LogP contribution in [-0.2, 0) is 16.1 Å². The maximum absolute atomic E-state index is 12.8. The molecule has 11 heteroatoms. The van der Waals surface area contributed by atoms with Crippen LogP contribution in [0.1, 0.15) is 31.0 Å². The van der Waals surface area contributed by atoms with Crippen LogP contribution >= 0.6 is 27.5 Å². The molecular weight excluding hydrogens is 514 g/mol. The Bertz CT molecular complexity index is 1210. The van der Waals surface area contributed by atoms with Crippen molar-refractivity contribution in [1.29, 1.82) is 0 Å². The maximum Gasteiger partial charge on any atom is 0.338 e. The number of hydrogen-bond donors (Lipinski definition) is 1. The van der Waals surface area contributed by atoms with E-state index in [9.17, 15) is 4.79 Å². The molecule has 1 unspecified atom stereocenters. The molecule has 0 amide bonds. The number of anilines is 1. The van der Waals surface area contributed by atoms with Crippen molar-refractivity contribution in [3.63, 3.8) is 0 Å². The topological polar surface area (TPSA) is 100 Å². The highest BCUT2D eigenvalue weighted by Crippen LogP contribution is 2.42. The minimum absolute atomic E-state index is 0.245. The summed E-state index contributed by atoms with van der Waals surface area (Å²) >= 11 is 9.55. The number of tetrazole rings is 1. The van der Waals surface area contributed by atoms with Gasteiger partial charge in [-0.2, -0.15) is 4.68 Å². The Morgan fingerprint density at radius 2 is 2.03 bits per heavy atom. The van der Waals surface area contributed by atoms with Gasteiger partial charge in [-0.05, 0) is 75.6 Å². The lowest BCUT2D eigenvalue weighted by atomic mass is 9.95. The third kappa shape index (κ3) is 4.67. The van der Waals surface area contributed by atoms with E-state index in [1.807, 2.05) is 30.3 Å². The zero-order valence-electron chi connectivity index (χ0n) is 18.1. The first kappa shape index (κ1) is 23.1. The minimum atomic E-state index is -0.620. The van der Waals surface area contributed by atoms with Crippen molar-refractivity contribution in [2.24, 2.45) is 0 Å². The Balaban J connectivity index is 1.72. The molecule has 2 aromatic carbocycles. The summed E-state index contributed by atoms with van der Waals surface area (Å²) in [5.41, 5.74) is 2.69. The lowest BCUT2D eigenvalue weighted by molar-refractivity contribution is -0.139. The highest BCUT2D eigenvalue weighted by molar-refractivity contribution is 9.10. The fourth-order valence-corrected chi connectivity index (χ4v) is 4.27. The van der Waals surface area contributed by atoms with E-state index in [1.165, 1.54) is 4.68 Å². The SMILES string of the molecule is CCOC(=O)C1=C(C)Nc2nnnn2C1c1cc(Br)c(OCc2ccc(Cl)cc2)c(OC)c1. The second-order valence-electron chi connectivity index (χ2n) is 7.18. The zero-order valence-corrected chi connectivity index (χ0v) is 20.5. The molecule has 2 heterocycles. The predicted molar refractivity (Wildman–Crippen MR) is 125 cm³/mol. The van der Waals surface area contributed by atoms with Gasteiger partial charge in [-0.1, -0.05) is 28.8 Å². The Hall–Kier alpha value is -3.11. The van der Waals surface area contributed by atoms with Crippen LogP contribution in [0.25, 0.3) is 0 Å². The molecule has 1 aliphatic heterocycles. The van der Waals surface area contributed by atoms with Crippen molar-refractivity contribution in [2.75, 3.05) is 19.0 Å². The third-order valence-electron chi connectivity index (χ3n) is 5.07. The average Bonchev–Trinajstić information content (AvgIpc) is 3.26. The van der Waals surface area contributed by atoms with Gasteiger partial charge in [-0.3, -0.25) is 0 Å². The first-order chi connectivity index (χ1) is 15.9. The second-order valence-corrected chi connectivity index (χ2v) is 8.47. The van der Waals surface area contributed by atoms with Gasteiger partial charge in [0.2, 0.25) is 5.95 Å². The van der Waals surface area contributed by atoms with Gasteiger partial charge < -0.3 is 19.5 Å². The van der Waals surface area contributed by atoms with Crippen molar-refractivity contribution in [1.82, 2.24) is 20.2 Å². The van der Waals surface area contributed by atoms with Crippen LogP contribution in [0.15, 0.2) is 52.1 Å². The number of benzene rings is 2. The summed E-state index contributed by atoms with van der Waals surface area (Å²) in [6.07, 6.45) is 0. The average molecular weight is 535 g/mol. The summed E-state index contributed by atoms with van der Waals surface area (Å²) in [5.74, 6) is 0.985. The standard InChI is InChI=1S/C22H21BrClN5O4/c1-4-32-21(30)18-12(2)25-22-26-27-28-29(22)19(18)14-9-16(23)20(17(10-14)31-3)33-11-13-5-7-15(24)8-6-13/h5-10,19H,4,11H2,1-3H3,(H,25,26,28). The lowest BCUT2D eigenvalue weighted by Gasteiger charge is -2.28. The molecule has 172 valence electrons. The van der Waals surface area contributed by atoms with Crippen LogP contribution in [0.4, 0.5) is 5.95 Å². The molecule has 0 bridgehead atoms. The van der Waals surface area contributed by atoms with Crippen LogP contribution in [-0.4, -0.2) is 39.9 Å². The molecule has 0 aliphatic carbocycles. The first-order valence-electron chi connectivity index (χ1n) is 10.1. The highest BCUT2D eigenvalue weighted by atomic mass is 79.9. The summed E-state index contributed by atoms with van der Waals surface area (Å²) in [4.78, 5) is 12.8. The number of halogens is 2. The molecule has 1 atom stereocenters. The summed E-state index contributed by atoms with van der Waals surface area (Å²) in [6, 6.07) is 10.4. The van der Waals surface area contributed by atoms with Crippen molar-refractivity contribution in [2.45, 2.75) is 26.5 Å². The highest BCUT2D eigenvalue weighted by Gasteiger charge is 2.35. The van der Waals surface area contributed by atoms with E-state index in [-0.39, 0.29) is 6.61 Å². The van der Waals surface area contributed by atoms with E-state index in [0.29, 0.717) is 44.8 Å². The molecule has 1 aliphatic rings. The number of ether oxygens (including phenoxy) is 3. The van der Waals surface area contributed by atoms with E-state index >= 15 is 0 Å². The number of carbonyl (C=O) groups excluding carboxylic acids is 1. The molecule has 9 nitrogen and oxygen atoms in total. The quantitative estimate of drug-likeness (QED) is 0.441. The lowest BCUT2D eigenvalue weighted by Crippen LogP contribution is -2.29. The number of carbonyl (C=O) groups is 1. The van der Waals surface area contributed by atoms with Crippen LogP contribution < -0.4 is 14.8 Å². The van der Waals surface area contributed by atoms with Crippen molar-refractivity contribution in [3.05, 3.63) is 68.3 Å². The third-order valence-corrected chi connectivity index (χ3v) is 5.91. The Labute approximate surface area is 203 Å².